The van der Waals surface area contributed by atoms with Gasteiger partial charge in [0.05, 0.1) is 31.7 Å². The van der Waals surface area contributed by atoms with Crippen LogP contribution in [0.25, 0.3) is 0 Å². The molecule has 0 fully saturated rings. The van der Waals surface area contributed by atoms with Crippen LogP contribution in [-0.2, 0) is 9.59 Å². The number of β-amino-alcohol motifs (C(OH)–C–C–N with tert-alkyl or cyclic N) is 1. The fraction of sp³-hybridized carbons (Fsp3) is 0.333. The van der Waals surface area contributed by atoms with E-state index in [9.17, 15) is 34.8 Å². The number of carboxylic acids is 1. The first-order chi connectivity index (χ1) is 17.0. The molecule has 12 heteroatoms. The van der Waals surface area contributed by atoms with Crippen molar-refractivity contribution in [3.8, 4) is 11.5 Å². The van der Waals surface area contributed by atoms with Crippen molar-refractivity contribution in [2.75, 3.05) is 25.0 Å². The molecule has 1 heterocycles. The van der Waals surface area contributed by atoms with Gasteiger partial charge in [-0.2, -0.15) is 0 Å². The van der Waals surface area contributed by atoms with Crippen molar-refractivity contribution in [3.05, 3.63) is 52.6 Å². The topological polar surface area (TPSA) is 193 Å². The third kappa shape index (κ3) is 7.09. The van der Waals surface area contributed by atoms with Crippen LogP contribution in [0.3, 0.4) is 0 Å². The number of amides is 2. The lowest BCUT2D eigenvalue weighted by atomic mass is 9.97. The number of anilines is 1. The number of phenolic OH excluding ortho intramolecular Hbond substituents is 2. The molecule has 8 N–H and O–H groups in total. The molecule has 0 aromatic heterocycles. The van der Waals surface area contributed by atoms with Crippen molar-refractivity contribution in [2.45, 2.75) is 32.4 Å². The van der Waals surface area contributed by atoms with E-state index in [-0.39, 0.29) is 29.2 Å². The molecule has 12 nitrogen and oxygen atoms in total. The van der Waals surface area contributed by atoms with Gasteiger partial charge in [-0.1, -0.05) is 17.7 Å². The van der Waals surface area contributed by atoms with Gasteiger partial charge in [0.2, 0.25) is 5.91 Å². The Labute approximate surface area is 207 Å². The van der Waals surface area contributed by atoms with Crippen LogP contribution in [0.4, 0.5) is 5.69 Å². The number of guanidine groups is 1. The molecular weight excluding hydrogens is 470 g/mol. The number of aliphatic imine (C=N–C) groups is 1. The number of aromatic hydroxyl groups is 2. The van der Waals surface area contributed by atoms with Gasteiger partial charge in [-0.3, -0.25) is 19.4 Å². The lowest BCUT2D eigenvalue weighted by Crippen LogP contribution is -2.42. The molecule has 0 aliphatic carbocycles. The van der Waals surface area contributed by atoms with E-state index in [4.69, 9.17) is 0 Å². The SMILES string of the molecule is Cc1cc(C)c(O)c(C(CC(=O)O)NC(=O)CNC(=O)c2cc(O)cc(NC3=NCC(O)CN3)c2)c1. The van der Waals surface area contributed by atoms with Crippen molar-refractivity contribution in [1.29, 1.82) is 0 Å². The van der Waals surface area contributed by atoms with Crippen molar-refractivity contribution >= 4 is 29.4 Å². The summed E-state index contributed by atoms with van der Waals surface area (Å²) in [6.07, 6.45) is -1.06. The number of phenols is 2. The van der Waals surface area contributed by atoms with Crippen LogP contribution >= 0.6 is 0 Å². The lowest BCUT2D eigenvalue weighted by Gasteiger charge is -2.21. The minimum atomic E-state index is -1.17. The number of nitrogens with one attached hydrogen (secondary N) is 4. The van der Waals surface area contributed by atoms with E-state index < -0.39 is 42.9 Å². The zero-order valence-electron chi connectivity index (χ0n) is 19.8. The highest BCUT2D eigenvalue weighted by molar-refractivity contribution is 6.00. The molecule has 3 rings (SSSR count). The van der Waals surface area contributed by atoms with Gasteiger partial charge in [0, 0.05) is 29.4 Å². The van der Waals surface area contributed by atoms with Gasteiger partial charge in [0.1, 0.15) is 11.5 Å². The molecule has 0 spiro atoms. The number of benzene rings is 2. The third-order valence-electron chi connectivity index (χ3n) is 5.38. The number of hydrogen-bond acceptors (Lipinski definition) is 9. The summed E-state index contributed by atoms with van der Waals surface area (Å²) in [5.41, 5.74) is 2.03. The summed E-state index contributed by atoms with van der Waals surface area (Å²) in [6.45, 7) is 3.50. The fourth-order valence-electron chi connectivity index (χ4n) is 3.75. The summed E-state index contributed by atoms with van der Waals surface area (Å²) in [6, 6.07) is 6.37. The molecule has 2 unspecified atom stereocenters. The number of aliphatic hydroxyl groups excluding tert-OH is 1. The molecule has 0 saturated heterocycles. The summed E-state index contributed by atoms with van der Waals surface area (Å²) < 4.78 is 0. The maximum absolute atomic E-state index is 12.6. The molecule has 2 aromatic carbocycles. The van der Waals surface area contributed by atoms with Crippen molar-refractivity contribution in [1.82, 2.24) is 16.0 Å². The molecular formula is C24H29N5O7. The van der Waals surface area contributed by atoms with E-state index in [0.29, 0.717) is 23.8 Å². The van der Waals surface area contributed by atoms with E-state index in [0.717, 1.165) is 5.56 Å². The Kier molecular flexibility index (Phi) is 8.33. The summed E-state index contributed by atoms with van der Waals surface area (Å²) >= 11 is 0. The van der Waals surface area contributed by atoms with E-state index >= 15 is 0 Å². The van der Waals surface area contributed by atoms with E-state index in [1.54, 1.807) is 26.0 Å². The molecule has 0 bridgehead atoms. The smallest absolute Gasteiger partial charge is 0.305 e. The van der Waals surface area contributed by atoms with Gasteiger partial charge < -0.3 is 41.7 Å². The van der Waals surface area contributed by atoms with Gasteiger partial charge in [0.25, 0.3) is 5.91 Å². The van der Waals surface area contributed by atoms with Crippen molar-refractivity contribution in [2.24, 2.45) is 4.99 Å². The van der Waals surface area contributed by atoms with Gasteiger partial charge in [0.15, 0.2) is 5.96 Å². The largest absolute Gasteiger partial charge is 0.508 e. The number of nitrogens with zero attached hydrogens (tertiary/aromatic N) is 1. The van der Waals surface area contributed by atoms with Crippen LogP contribution in [-0.4, -0.2) is 69.9 Å². The molecule has 2 aromatic rings. The fourth-order valence-corrected chi connectivity index (χ4v) is 3.75. The third-order valence-corrected chi connectivity index (χ3v) is 5.38. The molecule has 36 heavy (non-hydrogen) atoms. The van der Waals surface area contributed by atoms with E-state index in [2.05, 4.69) is 26.3 Å². The summed E-state index contributed by atoms with van der Waals surface area (Å²) in [7, 11) is 0. The number of rotatable bonds is 8. The van der Waals surface area contributed by atoms with Crippen molar-refractivity contribution < 1.29 is 34.8 Å². The Morgan fingerprint density at radius 2 is 1.89 bits per heavy atom. The van der Waals surface area contributed by atoms with Crippen LogP contribution in [0.5, 0.6) is 11.5 Å². The van der Waals surface area contributed by atoms with Gasteiger partial charge >= 0.3 is 5.97 Å². The zero-order valence-corrected chi connectivity index (χ0v) is 19.8. The predicted octanol–water partition coefficient (Wildman–Crippen LogP) is 0.509. The Morgan fingerprint density at radius 3 is 2.56 bits per heavy atom. The molecule has 1 aliphatic heterocycles. The van der Waals surface area contributed by atoms with Gasteiger partial charge in [-0.25, -0.2) is 0 Å². The molecule has 0 saturated carbocycles. The monoisotopic (exact) mass is 499 g/mol. The second kappa shape index (κ2) is 11.4. The first kappa shape index (κ1) is 26.3. The van der Waals surface area contributed by atoms with Crippen molar-refractivity contribution in [3.63, 3.8) is 0 Å². The standard InChI is InChI=1S/C24H29N5O7/c1-12-3-13(2)22(35)18(4-12)19(8-21(33)34)29-20(32)11-25-23(36)14-5-15(7-16(30)6-14)28-24-26-9-17(31)10-27-24/h3-7,17,19,30-31,35H,8-11H2,1-2H3,(H,25,36)(H,29,32)(H,33,34)(H2,26,27,28). The molecule has 2 amide bonds. The maximum atomic E-state index is 12.6. The minimum absolute atomic E-state index is 0.0655. The number of aryl methyl sites for hydroxylation is 2. The molecule has 2 atom stereocenters. The number of carbonyl (C=O) groups is 3. The van der Waals surface area contributed by atoms with Crippen LogP contribution in [0.15, 0.2) is 35.3 Å². The minimum Gasteiger partial charge on any atom is -0.508 e. The number of aliphatic carboxylic acids is 1. The maximum Gasteiger partial charge on any atom is 0.305 e. The number of carbonyl (C=O) groups excluding carboxylic acids is 2. The highest BCUT2D eigenvalue weighted by Crippen LogP contribution is 2.31. The zero-order chi connectivity index (χ0) is 26.4. The first-order valence-electron chi connectivity index (χ1n) is 11.2. The van der Waals surface area contributed by atoms with E-state index in [1.807, 2.05) is 0 Å². The summed E-state index contributed by atoms with van der Waals surface area (Å²) in [5, 5.41) is 49.9. The molecule has 1 aliphatic rings. The quantitative estimate of drug-likeness (QED) is 0.255. The second-order valence-electron chi connectivity index (χ2n) is 8.54. The van der Waals surface area contributed by atoms with Crippen LogP contribution in [0.2, 0.25) is 0 Å². The van der Waals surface area contributed by atoms with Crippen LogP contribution < -0.4 is 21.3 Å². The normalized spacial score (nSPS) is 15.8. The van der Waals surface area contributed by atoms with Crippen LogP contribution in [0.1, 0.15) is 39.5 Å². The number of hydrogen-bond donors (Lipinski definition) is 8. The predicted molar refractivity (Wildman–Crippen MR) is 131 cm³/mol. The summed E-state index contributed by atoms with van der Waals surface area (Å²) in [5.74, 6) is -2.42. The number of carboxylic acid groups (broad SMARTS) is 1. The number of aliphatic hydroxyl groups is 1. The second-order valence-corrected chi connectivity index (χ2v) is 8.54. The average Bonchev–Trinajstić information content (AvgIpc) is 2.80. The lowest BCUT2D eigenvalue weighted by molar-refractivity contribution is -0.137. The highest BCUT2D eigenvalue weighted by atomic mass is 16.4. The highest BCUT2D eigenvalue weighted by Gasteiger charge is 2.23. The molecule has 0 radical (unpaired) electrons. The Balaban J connectivity index is 1.66. The van der Waals surface area contributed by atoms with Gasteiger partial charge in [-0.15, -0.1) is 0 Å². The van der Waals surface area contributed by atoms with Crippen LogP contribution in [0, 0.1) is 13.8 Å². The van der Waals surface area contributed by atoms with Gasteiger partial charge in [-0.05, 0) is 31.5 Å². The average molecular weight is 500 g/mol. The Hall–Kier alpha value is -4.32. The molecule has 192 valence electrons. The Bertz CT molecular complexity index is 1200. The Morgan fingerprint density at radius 1 is 1.14 bits per heavy atom. The van der Waals surface area contributed by atoms with E-state index in [1.165, 1.54) is 18.2 Å². The first-order valence-corrected chi connectivity index (χ1v) is 11.2. The summed E-state index contributed by atoms with van der Waals surface area (Å²) in [4.78, 5) is 40.6.